The summed E-state index contributed by atoms with van der Waals surface area (Å²) in [6, 6.07) is 33.7. The van der Waals surface area contributed by atoms with Crippen molar-refractivity contribution in [2.45, 2.75) is 63.0 Å². The lowest BCUT2D eigenvalue weighted by atomic mass is 9.90. The number of phenols is 1. The summed E-state index contributed by atoms with van der Waals surface area (Å²) in [5.41, 5.74) is 3.91. The molecule has 1 aliphatic carbocycles. The summed E-state index contributed by atoms with van der Waals surface area (Å²) >= 11 is 0. The predicted octanol–water partition coefficient (Wildman–Crippen LogP) is 7.49. The lowest BCUT2D eigenvalue weighted by Crippen LogP contribution is -2.30. The zero-order valence-electron chi connectivity index (χ0n) is 60.2. The van der Waals surface area contributed by atoms with Crippen LogP contribution in [0.25, 0.3) is 66.5 Å². The van der Waals surface area contributed by atoms with Gasteiger partial charge < -0.3 is 79.6 Å². The van der Waals surface area contributed by atoms with E-state index in [9.17, 15) is 89.6 Å². The molecule has 2 aromatic heterocycles. The summed E-state index contributed by atoms with van der Waals surface area (Å²) in [5.74, 6) is 5.68. The van der Waals surface area contributed by atoms with E-state index in [-0.39, 0.29) is 101 Å². The second kappa shape index (κ2) is 35.1. The number of aromatic carboxylic acids is 2. The molecule has 0 radical (unpaired) electrons. The smallest absolute Gasteiger partial charge is 0.487 e. The van der Waals surface area contributed by atoms with Crippen molar-refractivity contribution >= 4 is 104 Å². The maximum absolute atomic E-state index is 13.4. The van der Waals surface area contributed by atoms with Crippen LogP contribution in [0.5, 0.6) is 11.6 Å². The molecule has 0 bridgehead atoms. The summed E-state index contributed by atoms with van der Waals surface area (Å²) in [6.45, 7) is -1.52. The van der Waals surface area contributed by atoms with Crippen LogP contribution < -0.4 is 35.6 Å². The number of aromatic hydroxyl groups is 2. The van der Waals surface area contributed by atoms with Crippen LogP contribution >= 0.6 is 24.5 Å². The molecule has 13 N–H and O–H groups in total. The summed E-state index contributed by atoms with van der Waals surface area (Å²) < 4.78 is 30.6. The third-order valence-electron chi connectivity index (χ3n) is 17.6. The van der Waals surface area contributed by atoms with Gasteiger partial charge in [0.1, 0.15) is 60.7 Å². The number of carboxylic acid groups (broad SMARTS) is 2. The van der Waals surface area contributed by atoms with Gasteiger partial charge >= 0.3 is 53.3 Å². The molecule has 2 aliphatic heterocycles. The van der Waals surface area contributed by atoms with E-state index in [0.717, 1.165) is 22.1 Å². The number of anilines is 2. The van der Waals surface area contributed by atoms with Gasteiger partial charge in [0.2, 0.25) is 23.6 Å². The number of aliphatic hydroxyl groups is 5. The van der Waals surface area contributed by atoms with Gasteiger partial charge in [-0.25, -0.2) is 33.8 Å². The zero-order chi connectivity index (χ0) is 81.4. The van der Waals surface area contributed by atoms with Crippen molar-refractivity contribution in [3.05, 3.63) is 199 Å². The van der Waals surface area contributed by atoms with Crippen molar-refractivity contribution in [2.75, 3.05) is 64.2 Å². The third kappa shape index (κ3) is 20.6. The number of phosphoric ester groups is 1. The van der Waals surface area contributed by atoms with Crippen LogP contribution in [0.1, 0.15) is 86.9 Å². The first-order valence-corrected chi connectivity index (χ1v) is 38.7. The molecule has 1 saturated heterocycles. The largest absolute Gasteiger partial charge is 0.603 e. The zero-order valence-corrected chi connectivity index (χ0v) is 62.9. The SMILES string of the molecule is CN(C)c1ccc2c(-c3ccc(C(O)=N[C@@H](Cc4ccc(C#CCN=C(O)c5ccc(-c6c7ccc(=O)cc-7oc7cc(O)ccc67)c(C(=O)O)c5)cc4)C(O)=NCCCCCC(O)=NCC#Cc4cn([C@H]5C[C@H](O)[C@@H](CO[P+]([O-])(O)O[P+]([O-])(O)O[P+]([O-])(O)O)O5)c(=O)nc4O)cc3C(=O)O)c3ccc(N(C)C)cc3[o+]c2c1. The lowest BCUT2D eigenvalue weighted by Gasteiger charge is -2.25. The summed E-state index contributed by atoms with van der Waals surface area (Å²) in [4.78, 5) is 147. The molecule has 2 unspecified atom stereocenters. The summed E-state index contributed by atoms with van der Waals surface area (Å²) in [6.07, 6.45) is -2.48. The van der Waals surface area contributed by atoms with E-state index in [0.29, 0.717) is 80.0 Å². The van der Waals surface area contributed by atoms with Gasteiger partial charge in [0.25, 0.3) is 0 Å². The Bertz CT molecular complexity index is 5600. The van der Waals surface area contributed by atoms with Gasteiger partial charge in [0.05, 0.1) is 40.1 Å². The molecular weight excluding hydrogens is 1530 g/mol. The number of unbranched alkanes of at least 4 members (excludes halogenated alkanes) is 2. The molecule has 6 aromatic carbocycles. The highest BCUT2D eigenvalue weighted by molar-refractivity contribution is 7.71. The van der Waals surface area contributed by atoms with Gasteiger partial charge in [-0.05, 0) is 114 Å². The number of hydrogen-bond acceptors (Lipinski definition) is 26. The fourth-order valence-electron chi connectivity index (χ4n) is 12.2. The molecule has 1 fully saturated rings. The molecule has 586 valence electrons. The molecule has 0 spiro atoms. The molecular formula is C76H72N8O26P3+. The minimum atomic E-state index is -5.85. The fourth-order valence-corrected chi connectivity index (χ4v) is 15.2. The molecule has 34 nitrogen and oxygen atoms in total. The number of aromatic nitrogens is 2. The number of carbonyl (C=O) groups is 2. The Balaban J connectivity index is 0.776. The van der Waals surface area contributed by atoms with Crippen LogP contribution in [0.4, 0.5) is 11.4 Å². The third-order valence-corrected chi connectivity index (χ3v) is 21.4. The minimum Gasteiger partial charge on any atom is -0.603 e. The standard InChI is InChI=1S/C76H71N8O26P3/c1-82(2)47-19-25-53-61(35-47)106-62-36-48(83(3)4)20-26-54(62)68(53)52-24-18-45(34-58(52)75(95)96)71(90)80-59(32-43-15-13-42(14-16-43)10-8-31-78-70(89)44-17-23-51(57(33-44)74(93)94)69-55-27-21-49(85)37-63(55)107-64-38-50(86)22-28-56(64)69)73(92)79-29-7-5-6-12-66(88)77-30-9-11-46-40-84(76(97)81-72(46)91)67-39-60(87)65(108-67)41-105-112(101,102)110-113(103,104)109-111(98,99)100/h13-28,33-38,40,59-60,65,67,87H,5-7,12,29-32,39,41H2,1-4H3,(H11-,77,78,79,80,81,85,86,88,89,90,91,92,93,94,95,96,97,98,99,100,101,102,103,104)/p+1/t59-,60-,65+,67+/m0/s1. The summed E-state index contributed by atoms with van der Waals surface area (Å²) in [5, 5.41) is 99.6. The van der Waals surface area contributed by atoms with E-state index in [4.69, 9.17) is 23.4 Å². The van der Waals surface area contributed by atoms with Crippen LogP contribution in [0.15, 0.2) is 178 Å². The normalized spacial score (nSPS) is 16.3. The molecule has 113 heavy (non-hydrogen) atoms. The number of benzene rings is 7. The average molecular weight is 1610 g/mol. The van der Waals surface area contributed by atoms with E-state index in [1.807, 2.05) is 74.4 Å². The number of aliphatic hydroxyl groups excluding tert-OH is 5. The molecule has 37 heteroatoms. The van der Waals surface area contributed by atoms with Crippen molar-refractivity contribution in [2.24, 2.45) is 20.0 Å². The predicted molar refractivity (Wildman–Crippen MR) is 414 cm³/mol. The average Bonchev–Trinajstić information content (AvgIpc) is 1.33. The van der Waals surface area contributed by atoms with E-state index in [1.54, 1.807) is 36.4 Å². The first-order chi connectivity index (χ1) is 53.6. The first-order valence-electron chi connectivity index (χ1n) is 34.2. The second-order valence-corrected chi connectivity index (χ2v) is 30.4. The van der Waals surface area contributed by atoms with Gasteiger partial charge in [-0.1, -0.05) is 54.4 Å². The Morgan fingerprint density at radius 1 is 0.673 bits per heavy atom. The maximum Gasteiger partial charge on any atom is 0.487 e. The highest BCUT2D eigenvalue weighted by Crippen LogP contribution is 2.71. The Kier molecular flexibility index (Phi) is 25.6. The van der Waals surface area contributed by atoms with Gasteiger partial charge in [-0.3, -0.25) is 14.4 Å². The first kappa shape index (κ1) is 82.5. The van der Waals surface area contributed by atoms with Gasteiger partial charge in [-0.15, -0.1) is 0 Å². The molecule has 11 rings (SSSR count). The molecule has 0 saturated carbocycles. The maximum atomic E-state index is 13.4. The molecule has 8 aromatic rings. The van der Waals surface area contributed by atoms with Crippen molar-refractivity contribution in [3.8, 4) is 68.9 Å². The number of carboxylic acids is 2. The number of nitrogens with zero attached hydrogens (tertiary/aromatic N) is 8. The second-order valence-electron chi connectivity index (χ2n) is 26.0. The van der Waals surface area contributed by atoms with Gasteiger partial charge in [0, 0.05) is 131 Å². The fraction of sp³-hybridized carbons (Fsp3) is 0.237. The van der Waals surface area contributed by atoms with Crippen LogP contribution in [0, 0.1) is 23.7 Å². The molecule has 0 amide bonds. The highest BCUT2D eigenvalue weighted by Gasteiger charge is 2.54. The van der Waals surface area contributed by atoms with Crippen molar-refractivity contribution in [1.29, 1.82) is 0 Å². The van der Waals surface area contributed by atoms with E-state index in [2.05, 4.69) is 61.8 Å². The summed E-state index contributed by atoms with van der Waals surface area (Å²) in [7, 11) is -9.58. The Morgan fingerprint density at radius 3 is 1.92 bits per heavy atom. The lowest BCUT2D eigenvalue weighted by molar-refractivity contribution is -0.271. The number of aliphatic imine (C=N–C) groups is 4. The van der Waals surface area contributed by atoms with Crippen LogP contribution in [-0.4, -0.2) is 183 Å². The van der Waals surface area contributed by atoms with Crippen LogP contribution in [0.2, 0.25) is 0 Å². The molecule has 4 heterocycles. The Hall–Kier alpha value is -11.5. The van der Waals surface area contributed by atoms with Gasteiger partial charge in [0.15, 0.2) is 11.3 Å². The molecule has 6 atom stereocenters. The minimum absolute atomic E-state index is 0.000827. The number of phenolic OH excluding ortho intramolecular Hbond substituents is 1. The highest BCUT2D eigenvalue weighted by atomic mass is 31.3. The molecule has 3 aliphatic rings. The topological polar surface area (TPSA) is 536 Å². The Morgan fingerprint density at radius 2 is 1.28 bits per heavy atom. The van der Waals surface area contributed by atoms with E-state index in [1.165, 1.54) is 60.7 Å². The monoisotopic (exact) mass is 1610 g/mol. The van der Waals surface area contributed by atoms with Crippen molar-refractivity contribution < 1.29 is 117 Å². The van der Waals surface area contributed by atoms with E-state index >= 15 is 0 Å². The number of hydrogen-bond donors (Lipinski definition) is 13. The Labute approximate surface area is 642 Å². The van der Waals surface area contributed by atoms with Crippen molar-refractivity contribution in [1.82, 2.24) is 9.55 Å². The van der Waals surface area contributed by atoms with Crippen LogP contribution in [0.3, 0.4) is 0 Å². The number of rotatable bonds is 28. The number of ether oxygens (including phenoxy) is 1. The van der Waals surface area contributed by atoms with Crippen molar-refractivity contribution in [3.63, 3.8) is 0 Å². The van der Waals surface area contributed by atoms with E-state index < -0.39 is 96.8 Å². The quantitative estimate of drug-likeness (QED) is 0.00429. The number of fused-ring (bicyclic) bond motifs is 4. The van der Waals surface area contributed by atoms with Gasteiger partial charge in [-0.2, -0.15) is 29.1 Å². The van der Waals surface area contributed by atoms with Crippen LogP contribution in [-0.2, 0) is 24.3 Å². The number of phosphoric acid groups is 3.